The van der Waals surface area contributed by atoms with Gasteiger partial charge in [0, 0.05) is 6.04 Å². The van der Waals surface area contributed by atoms with Crippen molar-refractivity contribution in [3.8, 4) is 10.8 Å². The van der Waals surface area contributed by atoms with Crippen molar-refractivity contribution in [2.24, 2.45) is 0 Å². The van der Waals surface area contributed by atoms with Gasteiger partial charge in [0.15, 0.2) is 16.9 Å². The van der Waals surface area contributed by atoms with E-state index in [1.165, 1.54) is 24.3 Å². The van der Waals surface area contributed by atoms with Crippen LogP contribution >= 0.6 is 11.3 Å². The van der Waals surface area contributed by atoms with Crippen molar-refractivity contribution in [1.82, 2.24) is 15.6 Å². The number of fused-ring (bicyclic) bond motifs is 1. The highest BCUT2D eigenvalue weighted by atomic mass is 32.1. The number of esters is 1. The van der Waals surface area contributed by atoms with Crippen LogP contribution in [0.1, 0.15) is 31.3 Å². The summed E-state index contributed by atoms with van der Waals surface area (Å²) in [6.45, 7) is 4.88. The van der Waals surface area contributed by atoms with E-state index in [1.807, 2.05) is 24.3 Å². The molecule has 0 fully saturated rings. The Labute approximate surface area is 164 Å². The number of rotatable bonds is 5. The second-order valence-electron chi connectivity index (χ2n) is 6.32. The second-order valence-corrected chi connectivity index (χ2v) is 7.35. The number of nitrogens with one attached hydrogen (secondary N) is 2. The van der Waals surface area contributed by atoms with Crippen LogP contribution in [0.3, 0.4) is 0 Å². The smallest absolute Gasteiger partial charge is 0.375 e. The Morgan fingerprint density at radius 1 is 1.11 bits per heavy atom. The molecular formula is C19H19N3O5S. The number of urea groups is 1. The van der Waals surface area contributed by atoms with Crippen molar-refractivity contribution in [2.75, 3.05) is 0 Å². The van der Waals surface area contributed by atoms with Gasteiger partial charge in [0.25, 0.3) is 5.91 Å². The van der Waals surface area contributed by atoms with Crippen molar-refractivity contribution in [2.45, 2.75) is 32.9 Å². The zero-order chi connectivity index (χ0) is 20.3. The number of para-hydroxylation sites is 1. The zero-order valence-electron chi connectivity index (χ0n) is 15.5. The Hall–Kier alpha value is -3.20. The number of nitrogens with zero attached hydrogens (tertiary/aromatic N) is 1. The quantitative estimate of drug-likeness (QED) is 0.635. The first kappa shape index (κ1) is 19.6. The molecule has 0 aliphatic heterocycles. The topological polar surface area (TPSA) is 111 Å². The van der Waals surface area contributed by atoms with Crippen molar-refractivity contribution >= 4 is 39.5 Å². The summed E-state index contributed by atoms with van der Waals surface area (Å²) in [5.74, 6) is -1.16. The van der Waals surface area contributed by atoms with Crippen LogP contribution in [0.4, 0.5) is 4.79 Å². The minimum atomic E-state index is -1.17. The van der Waals surface area contributed by atoms with Gasteiger partial charge in [0.05, 0.1) is 10.2 Å². The number of carbonyl (C=O) groups is 3. The number of carbonyl (C=O) groups excluding carboxylic acids is 3. The monoisotopic (exact) mass is 401 g/mol. The first-order valence-corrected chi connectivity index (χ1v) is 9.43. The summed E-state index contributed by atoms with van der Waals surface area (Å²) in [6, 6.07) is 9.95. The molecule has 2 aromatic heterocycles. The molecule has 8 nitrogen and oxygen atoms in total. The predicted octanol–water partition coefficient (Wildman–Crippen LogP) is 3.34. The van der Waals surface area contributed by atoms with E-state index in [4.69, 9.17) is 9.15 Å². The molecule has 3 aromatic rings. The lowest BCUT2D eigenvalue weighted by Gasteiger charge is -2.13. The Morgan fingerprint density at radius 2 is 1.86 bits per heavy atom. The lowest BCUT2D eigenvalue weighted by molar-refractivity contribution is -0.128. The van der Waals surface area contributed by atoms with E-state index >= 15 is 0 Å². The Bertz CT molecular complexity index is 990. The van der Waals surface area contributed by atoms with E-state index in [0.29, 0.717) is 10.8 Å². The van der Waals surface area contributed by atoms with Crippen LogP contribution in [0.5, 0.6) is 0 Å². The lowest BCUT2D eigenvalue weighted by atomic mass is 10.3. The van der Waals surface area contributed by atoms with Crippen molar-refractivity contribution in [1.29, 1.82) is 0 Å². The van der Waals surface area contributed by atoms with E-state index in [1.54, 1.807) is 19.9 Å². The van der Waals surface area contributed by atoms with Crippen molar-refractivity contribution < 1.29 is 23.5 Å². The Balaban J connectivity index is 1.63. The third kappa shape index (κ3) is 4.55. The average molecular weight is 401 g/mol. The fourth-order valence-electron chi connectivity index (χ4n) is 2.32. The number of thiazole rings is 1. The molecule has 0 unspecified atom stereocenters. The highest BCUT2D eigenvalue weighted by Crippen LogP contribution is 2.31. The standard InChI is InChI=1S/C19H19N3O5S/c1-10(2)20-19(25)22-16(23)11(3)26-18(24)14-9-8-13(27-14)17-21-12-6-4-5-7-15(12)28-17/h4-11H,1-3H3,(H2,20,22,23,25)/t11-/m0/s1. The van der Waals surface area contributed by atoms with Crippen LogP contribution in [0.25, 0.3) is 21.0 Å². The van der Waals surface area contributed by atoms with Gasteiger partial charge in [0.2, 0.25) is 5.76 Å². The van der Waals surface area contributed by atoms with Crippen LogP contribution in [0.15, 0.2) is 40.8 Å². The van der Waals surface area contributed by atoms with Gasteiger partial charge in [-0.05, 0) is 45.0 Å². The minimum Gasteiger partial charge on any atom is -0.447 e. The molecular weight excluding hydrogens is 382 g/mol. The molecule has 2 heterocycles. The lowest BCUT2D eigenvalue weighted by Crippen LogP contribution is -2.46. The Kier molecular flexibility index (Phi) is 5.74. The number of benzene rings is 1. The first-order valence-electron chi connectivity index (χ1n) is 8.61. The molecule has 0 bridgehead atoms. The van der Waals surface area contributed by atoms with Crippen LogP contribution in [-0.4, -0.2) is 35.0 Å². The molecule has 146 valence electrons. The molecule has 3 amide bonds. The number of amides is 3. The molecule has 0 aliphatic carbocycles. The molecule has 0 radical (unpaired) electrons. The first-order chi connectivity index (χ1) is 13.3. The zero-order valence-corrected chi connectivity index (χ0v) is 16.3. The Morgan fingerprint density at radius 3 is 2.57 bits per heavy atom. The van der Waals surface area contributed by atoms with Gasteiger partial charge in [-0.2, -0.15) is 0 Å². The van der Waals surface area contributed by atoms with Crippen LogP contribution in [0.2, 0.25) is 0 Å². The number of furan rings is 1. The van der Waals surface area contributed by atoms with Crippen LogP contribution in [-0.2, 0) is 9.53 Å². The molecule has 0 saturated heterocycles. The maximum Gasteiger partial charge on any atom is 0.375 e. The fraction of sp³-hybridized carbons (Fsp3) is 0.263. The third-order valence-corrected chi connectivity index (χ3v) is 4.67. The summed E-state index contributed by atoms with van der Waals surface area (Å²) in [7, 11) is 0. The fourth-order valence-corrected chi connectivity index (χ4v) is 3.25. The highest BCUT2D eigenvalue weighted by molar-refractivity contribution is 7.21. The summed E-state index contributed by atoms with van der Waals surface area (Å²) in [5, 5.41) is 5.25. The molecule has 28 heavy (non-hydrogen) atoms. The number of aromatic nitrogens is 1. The van der Waals surface area contributed by atoms with E-state index in [-0.39, 0.29) is 11.8 Å². The van der Waals surface area contributed by atoms with E-state index in [9.17, 15) is 14.4 Å². The largest absolute Gasteiger partial charge is 0.447 e. The maximum atomic E-state index is 12.2. The number of imide groups is 1. The molecule has 1 aromatic carbocycles. The molecule has 9 heteroatoms. The number of hydrogen-bond acceptors (Lipinski definition) is 7. The van der Waals surface area contributed by atoms with E-state index < -0.39 is 24.0 Å². The van der Waals surface area contributed by atoms with Crippen molar-refractivity contribution in [3.63, 3.8) is 0 Å². The minimum absolute atomic E-state index is 0.0551. The van der Waals surface area contributed by atoms with E-state index in [2.05, 4.69) is 15.6 Å². The van der Waals surface area contributed by atoms with Crippen molar-refractivity contribution in [3.05, 3.63) is 42.2 Å². The van der Waals surface area contributed by atoms with Gasteiger partial charge in [0.1, 0.15) is 0 Å². The van der Waals surface area contributed by atoms with Gasteiger partial charge in [-0.15, -0.1) is 11.3 Å². The molecule has 0 saturated carbocycles. The van der Waals surface area contributed by atoms with E-state index in [0.717, 1.165) is 10.2 Å². The summed E-state index contributed by atoms with van der Waals surface area (Å²) in [6.07, 6.45) is -1.17. The summed E-state index contributed by atoms with van der Waals surface area (Å²) < 4.78 is 11.6. The predicted molar refractivity (Wildman–Crippen MR) is 104 cm³/mol. The SMILES string of the molecule is CC(C)NC(=O)NC(=O)[C@H](C)OC(=O)c1ccc(-c2nc3ccccc3s2)o1. The number of hydrogen-bond donors (Lipinski definition) is 2. The molecule has 0 spiro atoms. The van der Waals surface area contributed by atoms with Crippen LogP contribution < -0.4 is 10.6 Å². The van der Waals surface area contributed by atoms with Gasteiger partial charge in [-0.25, -0.2) is 14.6 Å². The molecule has 3 rings (SSSR count). The summed E-state index contributed by atoms with van der Waals surface area (Å²) >= 11 is 1.44. The third-order valence-electron chi connectivity index (χ3n) is 3.62. The second kappa shape index (κ2) is 8.22. The normalized spacial score (nSPS) is 12.0. The number of ether oxygens (including phenoxy) is 1. The van der Waals surface area contributed by atoms with Gasteiger partial charge >= 0.3 is 12.0 Å². The van der Waals surface area contributed by atoms with Gasteiger partial charge < -0.3 is 14.5 Å². The maximum absolute atomic E-state index is 12.2. The summed E-state index contributed by atoms with van der Waals surface area (Å²) in [4.78, 5) is 40.2. The highest BCUT2D eigenvalue weighted by Gasteiger charge is 2.23. The summed E-state index contributed by atoms with van der Waals surface area (Å²) in [5.41, 5.74) is 0.841. The van der Waals surface area contributed by atoms with Crippen LogP contribution in [0, 0.1) is 0 Å². The molecule has 1 atom stereocenters. The van der Waals surface area contributed by atoms with Gasteiger partial charge in [-0.1, -0.05) is 12.1 Å². The molecule has 2 N–H and O–H groups in total. The average Bonchev–Trinajstić information content (AvgIpc) is 3.27. The van der Waals surface area contributed by atoms with Gasteiger partial charge in [-0.3, -0.25) is 10.1 Å². The molecule has 0 aliphatic rings.